The first-order chi connectivity index (χ1) is 9.91. The summed E-state index contributed by atoms with van der Waals surface area (Å²) < 4.78 is 41.4. The monoisotopic (exact) mass is 349 g/mol. The molecule has 0 bridgehead atoms. The highest BCUT2D eigenvalue weighted by Crippen LogP contribution is 2.44. The van der Waals surface area contributed by atoms with Gasteiger partial charge in [-0.15, -0.1) is 12.4 Å². The fraction of sp³-hybridized carbons (Fsp3) is 0.571. The number of hydrogen-bond donors (Lipinski definition) is 1. The largest absolute Gasteiger partial charge is 0.316 e. The molecule has 2 saturated heterocycles. The van der Waals surface area contributed by atoms with Gasteiger partial charge in [0.25, 0.3) is 10.2 Å². The lowest BCUT2D eigenvalue weighted by atomic mass is 9.90. The fourth-order valence-electron chi connectivity index (χ4n) is 3.43. The second kappa shape index (κ2) is 6.41. The lowest BCUT2D eigenvalue weighted by molar-refractivity contribution is 0.323. The minimum Gasteiger partial charge on any atom is -0.316 e. The Morgan fingerprint density at radius 3 is 2.68 bits per heavy atom. The first kappa shape index (κ1) is 17.6. The lowest BCUT2D eigenvalue weighted by Gasteiger charge is -2.29. The van der Waals surface area contributed by atoms with Gasteiger partial charge in [0.1, 0.15) is 5.82 Å². The van der Waals surface area contributed by atoms with Gasteiger partial charge in [-0.2, -0.15) is 17.0 Å². The van der Waals surface area contributed by atoms with E-state index in [1.807, 2.05) is 6.07 Å². The molecular weight excluding hydrogens is 329 g/mol. The van der Waals surface area contributed by atoms with Gasteiger partial charge in [0.2, 0.25) is 0 Å². The van der Waals surface area contributed by atoms with E-state index in [-0.39, 0.29) is 36.1 Å². The van der Waals surface area contributed by atoms with Crippen molar-refractivity contribution < 1.29 is 12.8 Å². The second-order valence-corrected chi connectivity index (χ2v) is 8.04. The van der Waals surface area contributed by atoms with Crippen molar-refractivity contribution in [1.82, 2.24) is 13.9 Å². The van der Waals surface area contributed by atoms with Crippen molar-refractivity contribution in [2.45, 2.75) is 6.04 Å². The van der Waals surface area contributed by atoms with Crippen molar-refractivity contribution in [3.63, 3.8) is 0 Å². The molecule has 0 amide bonds. The van der Waals surface area contributed by atoms with Gasteiger partial charge in [0.15, 0.2) is 0 Å². The van der Waals surface area contributed by atoms with Crippen LogP contribution in [0.1, 0.15) is 11.6 Å². The molecule has 2 fully saturated rings. The molecule has 0 saturated carbocycles. The molecule has 0 aromatic heterocycles. The van der Waals surface area contributed by atoms with E-state index in [1.165, 1.54) is 34.8 Å². The van der Waals surface area contributed by atoms with E-state index in [0.29, 0.717) is 6.54 Å². The molecule has 1 aromatic rings. The van der Waals surface area contributed by atoms with Gasteiger partial charge in [-0.05, 0) is 36.1 Å². The highest BCUT2D eigenvalue weighted by molar-refractivity contribution is 7.86. The Hall–Kier alpha value is -0.730. The topological polar surface area (TPSA) is 52.7 Å². The van der Waals surface area contributed by atoms with Crippen LogP contribution in [0.15, 0.2) is 24.3 Å². The number of benzene rings is 1. The van der Waals surface area contributed by atoms with Gasteiger partial charge in [-0.25, -0.2) is 4.39 Å². The Bertz CT molecular complexity index is 641. The molecule has 0 spiro atoms. The van der Waals surface area contributed by atoms with Crippen LogP contribution in [0.2, 0.25) is 0 Å². The minimum absolute atomic E-state index is 0. The van der Waals surface area contributed by atoms with E-state index in [1.54, 1.807) is 6.07 Å². The van der Waals surface area contributed by atoms with Crippen LogP contribution < -0.4 is 5.32 Å². The van der Waals surface area contributed by atoms with E-state index >= 15 is 0 Å². The van der Waals surface area contributed by atoms with Crippen LogP contribution in [-0.2, 0) is 10.2 Å². The molecule has 1 aromatic carbocycles. The summed E-state index contributed by atoms with van der Waals surface area (Å²) >= 11 is 0. The van der Waals surface area contributed by atoms with Crippen molar-refractivity contribution in [2.24, 2.45) is 11.8 Å². The lowest BCUT2D eigenvalue weighted by Crippen LogP contribution is -2.41. The van der Waals surface area contributed by atoms with Gasteiger partial charge in [-0.3, -0.25) is 0 Å². The first-order valence-electron chi connectivity index (χ1n) is 7.06. The normalized spacial score (nSPS) is 28.6. The highest BCUT2D eigenvalue weighted by atomic mass is 35.5. The zero-order valence-electron chi connectivity index (χ0n) is 12.6. The SMILES string of the molecule is CN(C)S(=O)(=O)N1C[C@@H]2CNC[C@@H]2[C@@H]1c1cccc(F)c1.Cl. The van der Waals surface area contributed by atoms with E-state index < -0.39 is 10.2 Å². The van der Waals surface area contributed by atoms with Crippen LogP contribution >= 0.6 is 12.4 Å². The predicted octanol–water partition coefficient (Wildman–Crippen LogP) is 1.25. The molecule has 3 atom stereocenters. The summed E-state index contributed by atoms with van der Waals surface area (Å²) in [6, 6.07) is 5.98. The van der Waals surface area contributed by atoms with Crippen LogP contribution in [0.25, 0.3) is 0 Å². The second-order valence-electron chi connectivity index (χ2n) is 5.94. The summed E-state index contributed by atoms with van der Waals surface area (Å²) in [6.07, 6.45) is 0. The Balaban J connectivity index is 0.00000176. The standard InChI is InChI=1S/C14H20FN3O2S.ClH/c1-17(2)21(19,20)18-9-11-7-16-8-13(11)14(18)10-4-3-5-12(15)6-10;/h3-6,11,13-14,16H,7-9H2,1-2H3;1H/t11-,13-,14-;/m0./s1. The molecule has 2 heterocycles. The van der Waals surface area contributed by atoms with E-state index in [2.05, 4.69) is 5.32 Å². The summed E-state index contributed by atoms with van der Waals surface area (Å²) in [7, 11) is -0.448. The third-order valence-corrected chi connectivity index (χ3v) is 6.36. The molecule has 0 unspecified atom stereocenters. The van der Waals surface area contributed by atoms with Crippen molar-refractivity contribution in [1.29, 1.82) is 0 Å². The molecular formula is C14H21ClFN3O2S. The third-order valence-electron chi connectivity index (χ3n) is 4.47. The third kappa shape index (κ3) is 2.88. The number of hydrogen-bond acceptors (Lipinski definition) is 3. The number of halogens is 2. The maximum atomic E-state index is 13.6. The first-order valence-corrected chi connectivity index (χ1v) is 8.46. The molecule has 2 aliphatic rings. The van der Waals surface area contributed by atoms with Crippen LogP contribution in [0.4, 0.5) is 4.39 Å². The minimum atomic E-state index is -3.51. The fourth-order valence-corrected chi connectivity index (χ4v) is 4.80. The number of nitrogens with one attached hydrogen (secondary N) is 1. The van der Waals surface area contributed by atoms with Gasteiger partial charge in [0, 0.05) is 27.2 Å². The van der Waals surface area contributed by atoms with E-state index in [0.717, 1.165) is 18.7 Å². The summed E-state index contributed by atoms with van der Waals surface area (Å²) in [6.45, 7) is 2.07. The van der Waals surface area contributed by atoms with Crippen LogP contribution in [0, 0.1) is 17.7 Å². The summed E-state index contributed by atoms with van der Waals surface area (Å²) in [5.74, 6) is 0.152. The Morgan fingerprint density at radius 1 is 1.32 bits per heavy atom. The van der Waals surface area contributed by atoms with Crippen LogP contribution in [-0.4, -0.2) is 50.8 Å². The van der Waals surface area contributed by atoms with E-state index in [9.17, 15) is 12.8 Å². The maximum absolute atomic E-state index is 13.6. The molecule has 3 rings (SSSR count). The Kier molecular flexibility index (Phi) is 5.13. The molecule has 0 radical (unpaired) electrons. The van der Waals surface area contributed by atoms with Gasteiger partial charge in [0.05, 0.1) is 6.04 Å². The highest BCUT2D eigenvalue weighted by Gasteiger charge is 2.49. The average Bonchev–Trinajstić information content (AvgIpc) is 2.98. The number of rotatable bonds is 3. The summed E-state index contributed by atoms with van der Waals surface area (Å²) in [4.78, 5) is 0. The van der Waals surface area contributed by atoms with Gasteiger partial charge < -0.3 is 5.32 Å². The Morgan fingerprint density at radius 2 is 2.05 bits per heavy atom. The van der Waals surface area contributed by atoms with Crippen molar-refractivity contribution in [2.75, 3.05) is 33.7 Å². The summed E-state index contributed by atoms with van der Waals surface area (Å²) in [5.41, 5.74) is 0.733. The molecule has 124 valence electrons. The van der Waals surface area contributed by atoms with E-state index in [4.69, 9.17) is 0 Å². The molecule has 22 heavy (non-hydrogen) atoms. The number of nitrogens with zero attached hydrogens (tertiary/aromatic N) is 2. The smallest absolute Gasteiger partial charge is 0.282 e. The number of fused-ring (bicyclic) bond motifs is 1. The predicted molar refractivity (Wildman–Crippen MR) is 85.6 cm³/mol. The molecule has 1 N–H and O–H groups in total. The van der Waals surface area contributed by atoms with Gasteiger partial charge in [-0.1, -0.05) is 12.1 Å². The van der Waals surface area contributed by atoms with Crippen molar-refractivity contribution in [3.05, 3.63) is 35.6 Å². The Labute approximate surface area is 137 Å². The summed E-state index contributed by atoms with van der Waals surface area (Å²) in [5, 5.41) is 3.31. The quantitative estimate of drug-likeness (QED) is 0.893. The van der Waals surface area contributed by atoms with Crippen LogP contribution in [0.5, 0.6) is 0 Å². The average molecular weight is 350 g/mol. The van der Waals surface area contributed by atoms with Crippen molar-refractivity contribution in [3.8, 4) is 0 Å². The van der Waals surface area contributed by atoms with Gasteiger partial charge >= 0.3 is 0 Å². The molecule has 5 nitrogen and oxygen atoms in total. The maximum Gasteiger partial charge on any atom is 0.282 e. The molecule has 2 aliphatic heterocycles. The van der Waals surface area contributed by atoms with Crippen LogP contribution in [0.3, 0.4) is 0 Å². The molecule has 0 aliphatic carbocycles. The molecule has 8 heteroatoms. The zero-order valence-corrected chi connectivity index (χ0v) is 14.2. The zero-order chi connectivity index (χ0) is 15.2. The van der Waals surface area contributed by atoms with Crippen molar-refractivity contribution >= 4 is 22.6 Å².